The molecule has 0 aliphatic carbocycles. The molecule has 0 radical (unpaired) electrons. The molecule has 0 bridgehead atoms. The number of amides is 2. The maximum Gasteiger partial charge on any atom is 0.261 e. The average molecular weight is 411 g/mol. The van der Waals surface area contributed by atoms with Crippen LogP contribution in [0, 0.1) is 19.8 Å². The summed E-state index contributed by atoms with van der Waals surface area (Å²) in [7, 11) is 0. The minimum absolute atomic E-state index is 0.0963. The second-order valence-corrected chi connectivity index (χ2v) is 8.20. The van der Waals surface area contributed by atoms with Gasteiger partial charge in [-0.3, -0.25) is 9.59 Å². The smallest absolute Gasteiger partial charge is 0.261 e. The van der Waals surface area contributed by atoms with Crippen LogP contribution in [-0.2, 0) is 16.0 Å². The van der Waals surface area contributed by atoms with E-state index >= 15 is 0 Å². The highest BCUT2D eigenvalue weighted by molar-refractivity contribution is 5.88. The summed E-state index contributed by atoms with van der Waals surface area (Å²) in [5.41, 5.74) is 3.18. The van der Waals surface area contributed by atoms with E-state index in [-0.39, 0.29) is 18.4 Å². The molecule has 5 nitrogen and oxygen atoms in total. The van der Waals surface area contributed by atoms with Crippen LogP contribution >= 0.6 is 0 Å². The fourth-order valence-corrected chi connectivity index (χ4v) is 3.11. The Hall–Kier alpha value is -2.82. The lowest BCUT2D eigenvalue weighted by molar-refractivity contribution is -0.141. The van der Waals surface area contributed by atoms with Crippen LogP contribution in [0.15, 0.2) is 48.5 Å². The molecular formula is C25H34N2O3. The van der Waals surface area contributed by atoms with Crippen molar-refractivity contribution in [1.82, 2.24) is 10.2 Å². The van der Waals surface area contributed by atoms with Crippen molar-refractivity contribution < 1.29 is 14.3 Å². The van der Waals surface area contributed by atoms with Crippen molar-refractivity contribution in [3.8, 4) is 5.75 Å². The van der Waals surface area contributed by atoms with Crippen molar-refractivity contribution >= 4 is 11.8 Å². The lowest BCUT2D eigenvalue weighted by Crippen LogP contribution is -2.50. The standard InChI is InChI=1S/C25H34N2O3/c1-18(2)16-26-25(29)21(5)27(14-13-22-9-7-6-8-10-22)24(28)17-30-23-15-19(3)11-12-20(23)4/h6-12,15,18,21H,13-14,16-17H2,1-5H3,(H,26,29). The average Bonchev–Trinajstić information content (AvgIpc) is 2.73. The minimum atomic E-state index is -0.567. The molecule has 1 unspecified atom stereocenters. The molecule has 2 amide bonds. The number of nitrogens with zero attached hydrogens (tertiary/aromatic N) is 1. The van der Waals surface area contributed by atoms with Gasteiger partial charge in [-0.1, -0.05) is 56.3 Å². The Morgan fingerprint density at radius 2 is 1.73 bits per heavy atom. The maximum absolute atomic E-state index is 13.0. The van der Waals surface area contributed by atoms with Crippen molar-refractivity contribution in [2.24, 2.45) is 5.92 Å². The first-order valence-corrected chi connectivity index (χ1v) is 10.6. The van der Waals surface area contributed by atoms with E-state index in [0.717, 1.165) is 16.7 Å². The Balaban J connectivity index is 2.08. The molecule has 2 aromatic carbocycles. The first-order valence-electron chi connectivity index (χ1n) is 10.6. The van der Waals surface area contributed by atoms with Crippen LogP contribution in [0.5, 0.6) is 5.75 Å². The highest BCUT2D eigenvalue weighted by atomic mass is 16.5. The summed E-state index contributed by atoms with van der Waals surface area (Å²) in [6, 6.07) is 15.3. The molecule has 0 heterocycles. The zero-order valence-corrected chi connectivity index (χ0v) is 18.8. The molecule has 0 aliphatic rings. The largest absolute Gasteiger partial charge is 0.483 e. The van der Waals surface area contributed by atoms with Crippen molar-refractivity contribution in [3.63, 3.8) is 0 Å². The summed E-state index contributed by atoms with van der Waals surface area (Å²) in [6.07, 6.45) is 0.678. The number of carbonyl (C=O) groups is 2. The Bertz CT molecular complexity index is 834. The van der Waals surface area contributed by atoms with Crippen LogP contribution in [0.1, 0.15) is 37.5 Å². The number of aryl methyl sites for hydroxylation is 2. The number of rotatable bonds is 10. The van der Waals surface area contributed by atoms with Gasteiger partial charge in [-0.05, 0) is 55.9 Å². The monoisotopic (exact) mass is 410 g/mol. The molecule has 0 spiro atoms. The van der Waals surface area contributed by atoms with Gasteiger partial charge in [0.15, 0.2) is 6.61 Å². The third-order valence-electron chi connectivity index (χ3n) is 5.03. The molecule has 2 rings (SSSR count). The predicted octanol–water partition coefficient (Wildman–Crippen LogP) is 3.91. The summed E-state index contributed by atoms with van der Waals surface area (Å²) in [5.74, 6) is 0.710. The van der Waals surface area contributed by atoms with E-state index in [1.165, 1.54) is 0 Å². The van der Waals surface area contributed by atoms with Gasteiger partial charge in [-0.25, -0.2) is 0 Å². The van der Waals surface area contributed by atoms with Gasteiger partial charge in [-0.2, -0.15) is 0 Å². The van der Waals surface area contributed by atoms with Gasteiger partial charge in [0.05, 0.1) is 0 Å². The van der Waals surface area contributed by atoms with Crippen molar-refractivity contribution in [1.29, 1.82) is 0 Å². The number of ether oxygens (including phenoxy) is 1. The van der Waals surface area contributed by atoms with Gasteiger partial charge in [0.2, 0.25) is 5.91 Å². The van der Waals surface area contributed by atoms with Gasteiger partial charge < -0.3 is 15.0 Å². The molecule has 2 aromatic rings. The van der Waals surface area contributed by atoms with Crippen LogP contribution in [-0.4, -0.2) is 42.5 Å². The Labute approximate surface area is 180 Å². The Morgan fingerprint density at radius 1 is 1.03 bits per heavy atom. The van der Waals surface area contributed by atoms with Gasteiger partial charge in [-0.15, -0.1) is 0 Å². The molecule has 0 saturated heterocycles. The van der Waals surface area contributed by atoms with E-state index in [2.05, 4.69) is 5.32 Å². The van der Waals surface area contributed by atoms with Crippen LogP contribution in [0.2, 0.25) is 0 Å². The van der Waals surface area contributed by atoms with Gasteiger partial charge in [0.1, 0.15) is 11.8 Å². The number of benzene rings is 2. The predicted molar refractivity (Wildman–Crippen MR) is 121 cm³/mol. The van der Waals surface area contributed by atoms with Gasteiger partial charge >= 0.3 is 0 Å². The van der Waals surface area contributed by atoms with Crippen LogP contribution in [0.4, 0.5) is 0 Å². The normalized spacial score (nSPS) is 11.8. The summed E-state index contributed by atoms with van der Waals surface area (Å²) < 4.78 is 5.82. The summed E-state index contributed by atoms with van der Waals surface area (Å²) in [4.78, 5) is 27.3. The molecule has 0 aromatic heterocycles. The fraction of sp³-hybridized carbons (Fsp3) is 0.440. The van der Waals surface area contributed by atoms with E-state index in [9.17, 15) is 9.59 Å². The third-order valence-corrected chi connectivity index (χ3v) is 5.03. The zero-order chi connectivity index (χ0) is 22.1. The fourth-order valence-electron chi connectivity index (χ4n) is 3.11. The quantitative estimate of drug-likeness (QED) is 0.646. The SMILES string of the molecule is Cc1ccc(C)c(OCC(=O)N(CCc2ccccc2)C(C)C(=O)NCC(C)C)c1. The van der Waals surface area contributed by atoms with Gasteiger partial charge in [0, 0.05) is 13.1 Å². The molecule has 0 fully saturated rings. The maximum atomic E-state index is 13.0. The topological polar surface area (TPSA) is 58.6 Å². The third kappa shape index (κ3) is 7.21. The lowest BCUT2D eigenvalue weighted by atomic mass is 10.1. The Kier molecular flexibility index (Phi) is 8.90. The van der Waals surface area contributed by atoms with E-state index in [1.54, 1.807) is 11.8 Å². The Morgan fingerprint density at radius 3 is 2.40 bits per heavy atom. The molecule has 0 saturated carbocycles. The number of hydrogen-bond acceptors (Lipinski definition) is 3. The van der Waals surface area contributed by atoms with Gasteiger partial charge in [0.25, 0.3) is 5.91 Å². The molecule has 30 heavy (non-hydrogen) atoms. The summed E-state index contributed by atoms with van der Waals surface area (Å²) in [6.45, 7) is 10.7. The number of hydrogen-bond donors (Lipinski definition) is 1. The summed E-state index contributed by atoms with van der Waals surface area (Å²) in [5, 5.41) is 2.93. The molecule has 162 valence electrons. The van der Waals surface area contributed by atoms with Crippen LogP contribution in [0.25, 0.3) is 0 Å². The molecular weight excluding hydrogens is 376 g/mol. The van der Waals surface area contributed by atoms with E-state index < -0.39 is 6.04 Å². The second kappa shape index (κ2) is 11.4. The van der Waals surface area contributed by atoms with Crippen molar-refractivity contribution in [2.75, 3.05) is 19.7 Å². The van der Waals surface area contributed by atoms with Crippen LogP contribution in [0.3, 0.4) is 0 Å². The number of carbonyl (C=O) groups excluding carboxylic acids is 2. The highest BCUT2D eigenvalue weighted by Gasteiger charge is 2.26. The van der Waals surface area contributed by atoms with Crippen LogP contribution < -0.4 is 10.1 Å². The first kappa shape index (κ1) is 23.5. The van der Waals surface area contributed by atoms with E-state index in [1.807, 2.05) is 76.2 Å². The lowest BCUT2D eigenvalue weighted by Gasteiger charge is -2.29. The zero-order valence-electron chi connectivity index (χ0n) is 18.8. The van der Waals surface area contributed by atoms with Crippen molar-refractivity contribution in [3.05, 3.63) is 65.2 Å². The first-order chi connectivity index (χ1) is 14.3. The highest BCUT2D eigenvalue weighted by Crippen LogP contribution is 2.19. The van der Waals surface area contributed by atoms with E-state index in [0.29, 0.717) is 31.2 Å². The summed E-state index contributed by atoms with van der Waals surface area (Å²) >= 11 is 0. The second-order valence-electron chi connectivity index (χ2n) is 8.20. The minimum Gasteiger partial charge on any atom is -0.483 e. The molecule has 5 heteroatoms. The van der Waals surface area contributed by atoms with E-state index in [4.69, 9.17) is 4.74 Å². The number of nitrogens with one attached hydrogen (secondary N) is 1. The van der Waals surface area contributed by atoms with Crippen molar-refractivity contribution in [2.45, 2.75) is 47.1 Å². The molecule has 1 atom stereocenters. The molecule has 0 aliphatic heterocycles. The molecule has 1 N–H and O–H groups in total.